The SMILES string of the molecule is Cc1ccc(NC(=O)CCCNS(=O)(=O)c2ccc3c(c2)OCCCO3)c(F)c1. The van der Waals surface area contributed by atoms with Gasteiger partial charge >= 0.3 is 0 Å². The first kappa shape index (κ1) is 21.1. The number of anilines is 1. The predicted octanol–water partition coefficient (Wildman–Crippen LogP) is 2.99. The van der Waals surface area contributed by atoms with E-state index in [9.17, 15) is 17.6 Å². The van der Waals surface area contributed by atoms with Crippen LogP contribution in [0.3, 0.4) is 0 Å². The zero-order valence-corrected chi connectivity index (χ0v) is 16.9. The Bertz CT molecular complexity index is 994. The Morgan fingerprint density at radius 3 is 2.62 bits per heavy atom. The summed E-state index contributed by atoms with van der Waals surface area (Å²) in [7, 11) is -3.75. The molecule has 0 saturated carbocycles. The summed E-state index contributed by atoms with van der Waals surface area (Å²) in [6.45, 7) is 2.80. The summed E-state index contributed by atoms with van der Waals surface area (Å²) in [6.07, 6.45) is 1.05. The van der Waals surface area contributed by atoms with E-state index in [1.807, 2.05) is 0 Å². The van der Waals surface area contributed by atoms with E-state index in [0.29, 0.717) is 24.7 Å². The molecule has 0 bridgehead atoms. The van der Waals surface area contributed by atoms with Crippen molar-refractivity contribution in [2.45, 2.75) is 31.1 Å². The Balaban J connectivity index is 1.50. The van der Waals surface area contributed by atoms with Gasteiger partial charge < -0.3 is 14.8 Å². The average molecular weight is 422 g/mol. The number of amides is 1. The highest BCUT2D eigenvalue weighted by atomic mass is 32.2. The lowest BCUT2D eigenvalue weighted by molar-refractivity contribution is -0.116. The number of aryl methyl sites for hydroxylation is 1. The summed E-state index contributed by atoms with van der Waals surface area (Å²) in [5.41, 5.74) is 0.859. The van der Waals surface area contributed by atoms with Gasteiger partial charge in [0.2, 0.25) is 15.9 Å². The van der Waals surface area contributed by atoms with Crippen molar-refractivity contribution in [3.05, 3.63) is 47.8 Å². The van der Waals surface area contributed by atoms with Gasteiger partial charge in [-0.15, -0.1) is 0 Å². The lowest BCUT2D eigenvalue weighted by atomic mass is 10.2. The van der Waals surface area contributed by atoms with Crippen molar-refractivity contribution >= 4 is 21.6 Å². The molecule has 0 unspecified atom stereocenters. The lowest BCUT2D eigenvalue weighted by Gasteiger charge is -2.11. The van der Waals surface area contributed by atoms with Crippen LogP contribution in [0.15, 0.2) is 41.3 Å². The second-order valence-electron chi connectivity index (χ2n) is 6.69. The van der Waals surface area contributed by atoms with Crippen LogP contribution in [-0.4, -0.2) is 34.1 Å². The Hall–Kier alpha value is -2.65. The molecular weight excluding hydrogens is 399 g/mol. The standard InChI is InChI=1S/C20H23FN2O5S/c1-14-5-7-17(16(21)12-14)23-20(24)4-2-9-22-29(25,26)15-6-8-18-19(13-15)28-11-3-10-27-18/h5-8,12-13,22H,2-4,9-11H2,1H3,(H,23,24). The first-order valence-corrected chi connectivity index (χ1v) is 10.8. The van der Waals surface area contributed by atoms with Crippen molar-refractivity contribution < 1.29 is 27.1 Å². The number of fused-ring (bicyclic) bond motifs is 1. The molecule has 1 heterocycles. The van der Waals surface area contributed by atoms with Gasteiger partial charge in [0.05, 0.1) is 23.8 Å². The number of sulfonamides is 1. The van der Waals surface area contributed by atoms with Crippen molar-refractivity contribution in [2.75, 3.05) is 25.1 Å². The van der Waals surface area contributed by atoms with E-state index in [1.165, 1.54) is 24.3 Å². The first-order chi connectivity index (χ1) is 13.8. The maximum absolute atomic E-state index is 13.8. The van der Waals surface area contributed by atoms with Crippen molar-refractivity contribution in [1.82, 2.24) is 4.72 Å². The Morgan fingerprint density at radius 2 is 1.86 bits per heavy atom. The van der Waals surface area contributed by atoms with E-state index in [2.05, 4.69) is 10.0 Å². The number of ether oxygens (including phenoxy) is 2. The maximum Gasteiger partial charge on any atom is 0.240 e. The minimum Gasteiger partial charge on any atom is -0.490 e. The largest absolute Gasteiger partial charge is 0.490 e. The van der Waals surface area contributed by atoms with Crippen LogP contribution in [0.5, 0.6) is 11.5 Å². The van der Waals surface area contributed by atoms with E-state index in [-0.39, 0.29) is 35.9 Å². The van der Waals surface area contributed by atoms with Crippen LogP contribution in [0, 0.1) is 12.7 Å². The van der Waals surface area contributed by atoms with E-state index in [4.69, 9.17) is 9.47 Å². The highest BCUT2D eigenvalue weighted by Crippen LogP contribution is 2.31. The molecule has 1 aliphatic rings. The molecule has 7 nitrogen and oxygen atoms in total. The molecule has 0 aliphatic carbocycles. The van der Waals surface area contributed by atoms with Gasteiger partial charge in [0, 0.05) is 25.5 Å². The van der Waals surface area contributed by atoms with Gasteiger partial charge in [-0.3, -0.25) is 4.79 Å². The molecule has 2 aromatic carbocycles. The minimum atomic E-state index is -3.75. The quantitative estimate of drug-likeness (QED) is 0.669. The van der Waals surface area contributed by atoms with E-state index in [1.54, 1.807) is 19.1 Å². The highest BCUT2D eigenvalue weighted by Gasteiger charge is 2.18. The normalized spacial score (nSPS) is 13.6. The third-order valence-electron chi connectivity index (χ3n) is 4.30. The number of hydrogen-bond acceptors (Lipinski definition) is 5. The monoisotopic (exact) mass is 422 g/mol. The third-order valence-corrected chi connectivity index (χ3v) is 5.76. The lowest BCUT2D eigenvalue weighted by Crippen LogP contribution is -2.26. The molecule has 0 saturated heterocycles. The molecule has 0 fully saturated rings. The summed E-state index contributed by atoms with van der Waals surface area (Å²) in [4.78, 5) is 12.0. The molecule has 2 N–H and O–H groups in total. The maximum atomic E-state index is 13.8. The smallest absolute Gasteiger partial charge is 0.240 e. The molecule has 2 aromatic rings. The van der Waals surface area contributed by atoms with Gasteiger partial charge in [-0.25, -0.2) is 17.5 Å². The zero-order valence-electron chi connectivity index (χ0n) is 16.0. The molecule has 1 aliphatic heterocycles. The van der Waals surface area contributed by atoms with E-state index in [0.717, 1.165) is 12.0 Å². The fourth-order valence-corrected chi connectivity index (χ4v) is 3.87. The average Bonchev–Trinajstić information content (AvgIpc) is 2.92. The van der Waals surface area contributed by atoms with Crippen LogP contribution in [0.25, 0.3) is 0 Å². The molecule has 0 spiro atoms. The number of carbonyl (C=O) groups excluding carboxylic acids is 1. The molecule has 1 amide bonds. The number of hydrogen-bond donors (Lipinski definition) is 2. The van der Waals surface area contributed by atoms with Crippen molar-refractivity contribution in [3.63, 3.8) is 0 Å². The van der Waals surface area contributed by atoms with Crippen LogP contribution in [-0.2, 0) is 14.8 Å². The second-order valence-corrected chi connectivity index (χ2v) is 8.46. The molecular formula is C20H23FN2O5S. The van der Waals surface area contributed by atoms with Gasteiger partial charge in [0.1, 0.15) is 5.82 Å². The van der Waals surface area contributed by atoms with E-state index >= 15 is 0 Å². The Kier molecular flexibility index (Phi) is 6.71. The fourth-order valence-electron chi connectivity index (χ4n) is 2.78. The zero-order chi connectivity index (χ0) is 20.9. The highest BCUT2D eigenvalue weighted by molar-refractivity contribution is 7.89. The number of nitrogens with one attached hydrogen (secondary N) is 2. The van der Waals surface area contributed by atoms with Crippen LogP contribution < -0.4 is 19.5 Å². The first-order valence-electron chi connectivity index (χ1n) is 9.30. The summed E-state index contributed by atoms with van der Waals surface area (Å²) in [5.74, 6) is 0.0160. The summed E-state index contributed by atoms with van der Waals surface area (Å²) >= 11 is 0. The Labute approximate surface area is 169 Å². The Morgan fingerprint density at radius 1 is 1.10 bits per heavy atom. The minimum absolute atomic E-state index is 0.0526. The number of halogens is 1. The molecule has 0 radical (unpaired) electrons. The second kappa shape index (κ2) is 9.23. The van der Waals surface area contributed by atoms with Crippen LogP contribution in [0.1, 0.15) is 24.8 Å². The van der Waals surface area contributed by atoms with Gasteiger partial charge in [0.25, 0.3) is 0 Å². The number of benzene rings is 2. The number of carbonyl (C=O) groups is 1. The summed E-state index contributed by atoms with van der Waals surface area (Å²) in [6, 6.07) is 8.97. The molecule has 9 heteroatoms. The predicted molar refractivity (Wildman–Crippen MR) is 106 cm³/mol. The van der Waals surface area contributed by atoms with Crippen molar-refractivity contribution in [2.24, 2.45) is 0 Å². The van der Waals surface area contributed by atoms with Crippen molar-refractivity contribution in [3.8, 4) is 11.5 Å². The van der Waals surface area contributed by atoms with Gasteiger partial charge in [0.15, 0.2) is 11.5 Å². The molecule has 156 valence electrons. The third kappa shape index (κ3) is 5.68. The topological polar surface area (TPSA) is 93.7 Å². The van der Waals surface area contributed by atoms with Crippen LogP contribution in [0.2, 0.25) is 0 Å². The number of rotatable bonds is 7. The fraction of sp³-hybridized carbons (Fsp3) is 0.350. The molecule has 3 rings (SSSR count). The van der Waals surface area contributed by atoms with Crippen LogP contribution in [0.4, 0.5) is 10.1 Å². The van der Waals surface area contributed by atoms with Gasteiger partial charge in [-0.1, -0.05) is 6.07 Å². The molecule has 0 aromatic heterocycles. The van der Waals surface area contributed by atoms with Gasteiger partial charge in [-0.05, 0) is 43.2 Å². The molecule has 0 atom stereocenters. The van der Waals surface area contributed by atoms with Crippen molar-refractivity contribution in [1.29, 1.82) is 0 Å². The summed E-state index contributed by atoms with van der Waals surface area (Å²) in [5, 5.41) is 2.49. The summed E-state index contributed by atoms with van der Waals surface area (Å²) < 4.78 is 52.1. The van der Waals surface area contributed by atoms with E-state index < -0.39 is 15.8 Å². The molecule has 29 heavy (non-hydrogen) atoms. The van der Waals surface area contributed by atoms with Gasteiger partial charge in [-0.2, -0.15) is 0 Å². The van der Waals surface area contributed by atoms with Crippen LogP contribution >= 0.6 is 0 Å².